The van der Waals surface area contributed by atoms with Crippen LogP contribution in [0.15, 0.2) is 84.9 Å². The maximum atomic E-state index is 13.2. The Bertz CT molecular complexity index is 1470. The van der Waals surface area contributed by atoms with E-state index >= 15 is 0 Å². The SMILES string of the molecule is CC.O=C(O)c1cc(-c2cccc(COc3ccc4c(c3)CN(Cc3ccc(F)cc3)C4=O)c2)ccc1Cl. The smallest absolute Gasteiger partial charge is 0.337 e. The van der Waals surface area contributed by atoms with Crippen molar-refractivity contribution in [2.75, 3.05) is 0 Å². The maximum Gasteiger partial charge on any atom is 0.337 e. The van der Waals surface area contributed by atoms with Crippen LogP contribution in [0.25, 0.3) is 11.1 Å². The van der Waals surface area contributed by atoms with E-state index in [2.05, 4.69) is 0 Å². The number of halogens is 2. The van der Waals surface area contributed by atoms with Crippen LogP contribution in [-0.4, -0.2) is 21.9 Å². The molecule has 1 aliphatic rings. The fourth-order valence-corrected chi connectivity index (χ4v) is 4.46. The number of aromatic carboxylic acids is 1. The third-order valence-corrected chi connectivity index (χ3v) is 6.43. The van der Waals surface area contributed by atoms with Crippen LogP contribution in [0.5, 0.6) is 5.75 Å². The van der Waals surface area contributed by atoms with Crippen molar-refractivity contribution < 1.29 is 23.8 Å². The highest BCUT2D eigenvalue weighted by Gasteiger charge is 2.27. The molecular weight excluding hydrogens is 505 g/mol. The Morgan fingerprint density at radius 3 is 2.42 bits per heavy atom. The van der Waals surface area contributed by atoms with E-state index in [4.69, 9.17) is 16.3 Å². The lowest BCUT2D eigenvalue weighted by molar-refractivity contribution is 0.0696. The quantitative estimate of drug-likeness (QED) is 0.266. The molecule has 1 amide bonds. The minimum absolute atomic E-state index is 0.0528. The summed E-state index contributed by atoms with van der Waals surface area (Å²) in [4.78, 5) is 25.9. The number of nitrogens with zero attached hydrogens (tertiary/aromatic N) is 1. The van der Waals surface area contributed by atoms with Crippen LogP contribution < -0.4 is 4.74 Å². The lowest BCUT2D eigenvalue weighted by Gasteiger charge is -2.15. The molecular formula is C31H27ClFNO4. The molecule has 0 unspecified atom stereocenters. The van der Waals surface area contributed by atoms with Crippen molar-refractivity contribution in [2.24, 2.45) is 0 Å². The van der Waals surface area contributed by atoms with Crippen molar-refractivity contribution in [1.29, 1.82) is 0 Å². The fourth-order valence-electron chi connectivity index (χ4n) is 4.26. The zero-order valence-electron chi connectivity index (χ0n) is 21.1. The maximum absolute atomic E-state index is 13.2. The molecule has 0 saturated carbocycles. The van der Waals surface area contributed by atoms with Crippen LogP contribution >= 0.6 is 11.6 Å². The van der Waals surface area contributed by atoms with Gasteiger partial charge in [0.05, 0.1) is 10.6 Å². The normalized spacial score (nSPS) is 12.0. The zero-order chi connectivity index (χ0) is 27.2. The molecule has 0 bridgehead atoms. The van der Waals surface area contributed by atoms with E-state index < -0.39 is 5.97 Å². The van der Waals surface area contributed by atoms with E-state index in [1.54, 1.807) is 47.4 Å². The summed E-state index contributed by atoms with van der Waals surface area (Å²) in [7, 11) is 0. The molecule has 0 atom stereocenters. The lowest BCUT2D eigenvalue weighted by atomic mass is 10.0. The molecule has 194 valence electrons. The fraction of sp³-hybridized carbons (Fsp3) is 0.161. The first-order chi connectivity index (χ1) is 18.4. The van der Waals surface area contributed by atoms with Crippen molar-refractivity contribution in [3.8, 4) is 16.9 Å². The molecule has 5 nitrogen and oxygen atoms in total. The molecule has 0 radical (unpaired) electrons. The highest BCUT2D eigenvalue weighted by Crippen LogP contribution is 2.29. The molecule has 0 saturated heterocycles. The Labute approximate surface area is 226 Å². The van der Waals surface area contributed by atoms with Crippen molar-refractivity contribution in [1.82, 2.24) is 4.90 Å². The summed E-state index contributed by atoms with van der Waals surface area (Å²) in [5, 5.41) is 9.53. The van der Waals surface area contributed by atoms with Crippen LogP contribution in [0.2, 0.25) is 5.02 Å². The molecule has 1 aliphatic heterocycles. The van der Waals surface area contributed by atoms with Crippen LogP contribution in [0.1, 0.15) is 51.3 Å². The highest BCUT2D eigenvalue weighted by molar-refractivity contribution is 6.33. The number of carbonyl (C=O) groups is 2. The standard InChI is InChI=1S/C29H21ClFNO4.C2H6/c30-27-11-6-21(14-26(27)29(34)35)20-3-1-2-19(12-20)17-36-24-9-10-25-22(13-24)16-32(28(25)33)15-18-4-7-23(31)8-5-18;1-2/h1-14H,15-17H2,(H,34,35);1-2H3. The molecule has 0 aromatic heterocycles. The number of ether oxygens (including phenoxy) is 1. The Kier molecular flexibility index (Phi) is 8.44. The summed E-state index contributed by atoms with van der Waals surface area (Å²) in [6.45, 7) is 5.17. The predicted molar refractivity (Wildman–Crippen MR) is 146 cm³/mol. The van der Waals surface area contributed by atoms with Gasteiger partial charge in [-0.1, -0.05) is 61.8 Å². The number of fused-ring (bicyclic) bond motifs is 1. The van der Waals surface area contributed by atoms with Gasteiger partial charge in [0.1, 0.15) is 18.2 Å². The highest BCUT2D eigenvalue weighted by atomic mass is 35.5. The summed E-state index contributed by atoms with van der Waals surface area (Å²) in [5.74, 6) is -0.791. The number of rotatable bonds is 7. The molecule has 38 heavy (non-hydrogen) atoms. The first-order valence-electron chi connectivity index (χ1n) is 12.3. The number of hydrogen-bond donors (Lipinski definition) is 1. The predicted octanol–water partition coefficient (Wildman–Crippen LogP) is 7.61. The third-order valence-electron chi connectivity index (χ3n) is 6.10. The largest absolute Gasteiger partial charge is 0.489 e. The molecule has 4 aromatic rings. The van der Waals surface area contributed by atoms with E-state index in [0.717, 1.165) is 27.8 Å². The summed E-state index contributed by atoms with van der Waals surface area (Å²) >= 11 is 5.99. The second-order valence-corrected chi connectivity index (χ2v) is 9.00. The number of amides is 1. The van der Waals surface area contributed by atoms with E-state index in [1.165, 1.54) is 12.1 Å². The average molecular weight is 532 g/mol. The molecule has 0 aliphatic carbocycles. The van der Waals surface area contributed by atoms with Gasteiger partial charge in [0.15, 0.2) is 0 Å². The van der Waals surface area contributed by atoms with Gasteiger partial charge in [-0.25, -0.2) is 9.18 Å². The van der Waals surface area contributed by atoms with Crippen LogP contribution in [0.4, 0.5) is 4.39 Å². The molecule has 7 heteroatoms. The lowest BCUT2D eigenvalue weighted by Crippen LogP contribution is -2.23. The van der Waals surface area contributed by atoms with Gasteiger partial charge in [-0.05, 0) is 76.3 Å². The second kappa shape index (κ2) is 11.9. The van der Waals surface area contributed by atoms with Gasteiger partial charge >= 0.3 is 5.97 Å². The topological polar surface area (TPSA) is 66.8 Å². The van der Waals surface area contributed by atoms with Crippen LogP contribution in [0, 0.1) is 5.82 Å². The van der Waals surface area contributed by atoms with E-state index in [-0.39, 0.29) is 22.3 Å². The van der Waals surface area contributed by atoms with Crippen LogP contribution in [0.3, 0.4) is 0 Å². The molecule has 4 aromatic carbocycles. The Morgan fingerprint density at radius 1 is 0.947 bits per heavy atom. The Balaban J connectivity index is 0.00000164. The number of carbonyl (C=O) groups excluding carboxylic acids is 1. The minimum atomic E-state index is -1.08. The van der Waals surface area contributed by atoms with E-state index in [9.17, 15) is 19.1 Å². The van der Waals surface area contributed by atoms with Crippen molar-refractivity contribution in [2.45, 2.75) is 33.5 Å². The number of carboxylic acids is 1. The van der Waals surface area contributed by atoms with E-state index in [1.807, 2.05) is 44.2 Å². The van der Waals surface area contributed by atoms with Crippen molar-refractivity contribution in [3.05, 3.63) is 124 Å². The van der Waals surface area contributed by atoms with Crippen molar-refractivity contribution in [3.63, 3.8) is 0 Å². The van der Waals surface area contributed by atoms with Gasteiger partial charge in [0.25, 0.3) is 5.91 Å². The van der Waals surface area contributed by atoms with Gasteiger partial charge in [-0.15, -0.1) is 0 Å². The number of benzene rings is 4. The second-order valence-electron chi connectivity index (χ2n) is 8.60. The van der Waals surface area contributed by atoms with Gasteiger partial charge in [0.2, 0.25) is 0 Å². The molecule has 1 heterocycles. The summed E-state index contributed by atoms with van der Waals surface area (Å²) < 4.78 is 19.2. The first kappa shape index (κ1) is 26.9. The van der Waals surface area contributed by atoms with Crippen molar-refractivity contribution >= 4 is 23.5 Å². The number of carboxylic acid groups (broad SMARTS) is 1. The number of hydrogen-bond acceptors (Lipinski definition) is 3. The summed E-state index contributed by atoms with van der Waals surface area (Å²) in [6.07, 6.45) is 0. The van der Waals surface area contributed by atoms with Gasteiger partial charge in [-0.2, -0.15) is 0 Å². The molecule has 1 N–H and O–H groups in total. The third kappa shape index (κ3) is 6.03. The minimum Gasteiger partial charge on any atom is -0.489 e. The van der Waals surface area contributed by atoms with Crippen LogP contribution in [-0.2, 0) is 19.7 Å². The molecule has 5 rings (SSSR count). The summed E-state index contributed by atoms with van der Waals surface area (Å²) in [5.41, 5.74) is 4.96. The van der Waals surface area contributed by atoms with E-state index in [0.29, 0.717) is 31.0 Å². The van der Waals surface area contributed by atoms with Gasteiger partial charge in [0, 0.05) is 18.7 Å². The monoisotopic (exact) mass is 531 g/mol. The van der Waals surface area contributed by atoms with Gasteiger partial charge < -0.3 is 14.7 Å². The Hall–Kier alpha value is -4.16. The zero-order valence-corrected chi connectivity index (χ0v) is 21.8. The Morgan fingerprint density at radius 2 is 1.68 bits per heavy atom. The molecule has 0 fully saturated rings. The molecule has 0 spiro atoms. The summed E-state index contributed by atoms with van der Waals surface area (Å²) in [6, 6.07) is 24.1. The van der Waals surface area contributed by atoms with Gasteiger partial charge in [-0.3, -0.25) is 4.79 Å². The first-order valence-corrected chi connectivity index (χ1v) is 12.7. The average Bonchev–Trinajstić information content (AvgIpc) is 3.24.